The van der Waals surface area contributed by atoms with Crippen molar-refractivity contribution >= 4 is 16.8 Å². The van der Waals surface area contributed by atoms with Crippen LogP contribution in [0.5, 0.6) is 5.75 Å². The zero-order valence-corrected chi connectivity index (χ0v) is 16.2. The molecule has 1 amide bonds. The van der Waals surface area contributed by atoms with Gasteiger partial charge in [0.15, 0.2) is 0 Å². The number of carbonyl (C=O) groups excluding carboxylic acids is 1. The number of carbonyl (C=O) groups is 1. The average Bonchev–Trinajstić information content (AvgIpc) is 2.65. The lowest BCUT2D eigenvalue weighted by Crippen LogP contribution is -2.29. The van der Waals surface area contributed by atoms with Crippen LogP contribution in [0, 0.1) is 0 Å². The van der Waals surface area contributed by atoms with E-state index in [0.29, 0.717) is 19.6 Å². The molecule has 1 heterocycles. The highest BCUT2D eigenvalue weighted by atomic mass is 16.5. The van der Waals surface area contributed by atoms with Gasteiger partial charge in [-0.1, -0.05) is 57.2 Å². The average molecular weight is 362 g/mol. The molecule has 0 aliphatic heterocycles. The Morgan fingerprint density at radius 1 is 1.04 bits per heavy atom. The number of fused-ring (bicyclic) bond motifs is 1. The van der Waals surface area contributed by atoms with E-state index in [0.717, 1.165) is 22.2 Å². The lowest BCUT2D eigenvalue weighted by molar-refractivity contribution is -0.120. The highest BCUT2D eigenvalue weighted by molar-refractivity contribution is 5.87. The molecule has 1 N–H and O–H groups in total. The van der Waals surface area contributed by atoms with Crippen LogP contribution in [0.1, 0.15) is 31.9 Å². The third-order valence-electron chi connectivity index (χ3n) is 4.48. The first-order chi connectivity index (χ1) is 12.9. The largest absolute Gasteiger partial charge is 0.492 e. The van der Waals surface area contributed by atoms with E-state index in [4.69, 9.17) is 4.74 Å². The molecule has 140 valence electrons. The molecule has 0 radical (unpaired) electrons. The van der Waals surface area contributed by atoms with Gasteiger partial charge < -0.3 is 10.1 Å². The Morgan fingerprint density at radius 2 is 1.78 bits per heavy atom. The summed E-state index contributed by atoms with van der Waals surface area (Å²) in [7, 11) is 0. The fraction of sp³-hybridized carbons (Fsp3) is 0.304. The van der Waals surface area contributed by atoms with Crippen LogP contribution in [0.4, 0.5) is 0 Å². The van der Waals surface area contributed by atoms with E-state index in [1.54, 1.807) is 6.20 Å². The van der Waals surface area contributed by atoms with E-state index in [2.05, 4.69) is 43.2 Å². The van der Waals surface area contributed by atoms with Gasteiger partial charge in [-0.25, -0.2) is 0 Å². The Bertz CT molecular complexity index is 906. The van der Waals surface area contributed by atoms with Gasteiger partial charge in [-0.2, -0.15) is 0 Å². The summed E-state index contributed by atoms with van der Waals surface area (Å²) in [6.45, 7) is 7.46. The Kier molecular flexibility index (Phi) is 5.75. The number of rotatable bonds is 6. The van der Waals surface area contributed by atoms with Crippen LogP contribution in [-0.2, 0) is 16.6 Å². The van der Waals surface area contributed by atoms with Gasteiger partial charge in [-0.3, -0.25) is 9.78 Å². The number of hydrogen-bond acceptors (Lipinski definition) is 3. The lowest BCUT2D eigenvalue weighted by Gasteiger charge is -2.19. The van der Waals surface area contributed by atoms with E-state index < -0.39 is 0 Å². The Morgan fingerprint density at radius 3 is 2.52 bits per heavy atom. The molecule has 0 saturated heterocycles. The molecule has 0 atom stereocenters. The van der Waals surface area contributed by atoms with Gasteiger partial charge >= 0.3 is 0 Å². The van der Waals surface area contributed by atoms with Gasteiger partial charge in [0.25, 0.3) is 0 Å². The summed E-state index contributed by atoms with van der Waals surface area (Å²) in [6.07, 6.45) is 2.07. The Balaban J connectivity index is 1.47. The quantitative estimate of drug-likeness (QED) is 0.666. The van der Waals surface area contributed by atoms with E-state index in [9.17, 15) is 4.79 Å². The van der Waals surface area contributed by atoms with Crippen LogP contribution in [-0.4, -0.2) is 24.0 Å². The summed E-state index contributed by atoms with van der Waals surface area (Å²) in [5.41, 5.74) is 3.21. The van der Waals surface area contributed by atoms with Crippen LogP contribution in [0.25, 0.3) is 10.9 Å². The standard InChI is InChI=1S/C23H26N2O2/c1-23(2,3)19-9-11-20(12-10-19)27-15-14-24-21(26)16-18-7-4-6-17-8-5-13-25-22(17)18/h4-13H,14-16H2,1-3H3,(H,24,26). The van der Waals surface area contributed by atoms with Crippen molar-refractivity contribution < 1.29 is 9.53 Å². The summed E-state index contributed by atoms with van der Waals surface area (Å²) in [6, 6.07) is 17.9. The topological polar surface area (TPSA) is 51.2 Å². The number of nitrogens with one attached hydrogen (secondary N) is 1. The molecule has 27 heavy (non-hydrogen) atoms. The number of benzene rings is 2. The molecule has 0 unspecified atom stereocenters. The van der Waals surface area contributed by atoms with Crippen LogP contribution < -0.4 is 10.1 Å². The third kappa shape index (κ3) is 5.07. The number of nitrogens with zero attached hydrogens (tertiary/aromatic N) is 1. The lowest BCUT2D eigenvalue weighted by atomic mass is 9.87. The Hall–Kier alpha value is -2.88. The molecule has 0 saturated carbocycles. The molecule has 0 spiro atoms. The van der Waals surface area contributed by atoms with Gasteiger partial charge in [0.05, 0.1) is 18.5 Å². The predicted molar refractivity (Wildman–Crippen MR) is 109 cm³/mol. The number of hydrogen-bond donors (Lipinski definition) is 1. The number of pyridine rings is 1. The maximum absolute atomic E-state index is 12.2. The van der Waals surface area contributed by atoms with Crippen molar-refractivity contribution in [1.82, 2.24) is 10.3 Å². The first-order valence-electron chi connectivity index (χ1n) is 9.26. The first-order valence-corrected chi connectivity index (χ1v) is 9.26. The monoisotopic (exact) mass is 362 g/mol. The molecule has 0 aliphatic carbocycles. The van der Waals surface area contributed by atoms with Crippen molar-refractivity contribution in [2.45, 2.75) is 32.6 Å². The molecule has 4 nitrogen and oxygen atoms in total. The fourth-order valence-corrected chi connectivity index (χ4v) is 2.96. The van der Waals surface area contributed by atoms with Crippen molar-refractivity contribution in [2.75, 3.05) is 13.2 Å². The van der Waals surface area contributed by atoms with Gasteiger partial charge in [0, 0.05) is 11.6 Å². The normalized spacial score (nSPS) is 11.4. The molecular weight excluding hydrogens is 336 g/mol. The van der Waals surface area contributed by atoms with Crippen molar-refractivity contribution in [3.63, 3.8) is 0 Å². The predicted octanol–water partition coefficient (Wildman–Crippen LogP) is 4.27. The summed E-state index contributed by atoms with van der Waals surface area (Å²) < 4.78 is 5.72. The summed E-state index contributed by atoms with van der Waals surface area (Å²) in [5, 5.41) is 3.96. The Labute approximate surface area is 160 Å². The molecule has 0 fully saturated rings. The molecule has 0 bridgehead atoms. The second kappa shape index (κ2) is 8.21. The third-order valence-corrected chi connectivity index (χ3v) is 4.48. The summed E-state index contributed by atoms with van der Waals surface area (Å²) in [5.74, 6) is 0.787. The molecule has 3 rings (SSSR count). The maximum atomic E-state index is 12.2. The zero-order chi connectivity index (χ0) is 19.3. The van der Waals surface area contributed by atoms with E-state index in [-0.39, 0.29) is 11.3 Å². The second-order valence-corrected chi connectivity index (χ2v) is 7.64. The van der Waals surface area contributed by atoms with Gasteiger partial charge in [-0.05, 0) is 34.7 Å². The SMILES string of the molecule is CC(C)(C)c1ccc(OCCNC(=O)Cc2cccc3cccnc23)cc1. The number of ether oxygens (including phenoxy) is 1. The van der Waals surface area contributed by atoms with Crippen molar-refractivity contribution in [3.05, 3.63) is 71.9 Å². The van der Waals surface area contributed by atoms with E-state index in [1.165, 1.54) is 5.56 Å². The van der Waals surface area contributed by atoms with Crippen molar-refractivity contribution in [3.8, 4) is 5.75 Å². The minimum atomic E-state index is -0.0279. The highest BCUT2D eigenvalue weighted by Gasteiger charge is 2.13. The smallest absolute Gasteiger partial charge is 0.224 e. The van der Waals surface area contributed by atoms with Crippen molar-refractivity contribution in [2.24, 2.45) is 0 Å². The fourth-order valence-electron chi connectivity index (χ4n) is 2.96. The van der Waals surface area contributed by atoms with E-state index in [1.807, 2.05) is 42.5 Å². The molecule has 3 aromatic rings. The first kappa shape index (κ1) is 18.9. The summed E-state index contributed by atoms with van der Waals surface area (Å²) in [4.78, 5) is 16.6. The molecular formula is C23H26N2O2. The van der Waals surface area contributed by atoms with Crippen molar-refractivity contribution in [1.29, 1.82) is 0 Å². The van der Waals surface area contributed by atoms with Gasteiger partial charge in [0.2, 0.25) is 5.91 Å². The molecule has 1 aromatic heterocycles. The van der Waals surface area contributed by atoms with Crippen LogP contribution in [0.15, 0.2) is 60.8 Å². The van der Waals surface area contributed by atoms with Crippen LogP contribution in [0.2, 0.25) is 0 Å². The van der Waals surface area contributed by atoms with Gasteiger partial charge in [-0.15, -0.1) is 0 Å². The second-order valence-electron chi connectivity index (χ2n) is 7.64. The minimum absolute atomic E-state index is 0.0279. The molecule has 4 heteroatoms. The molecule has 2 aromatic carbocycles. The number of amides is 1. The van der Waals surface area contributed by atoms with Crippen LogP contribution in [0.3, 0.4) is 0 Å². The van der Waals surface area contributed by atoms with Gasteiger partial charge in [0.1, 0.15) is 12.4 Å². The zero-order valence-electron chi connectivity index (χ0n) is 16.2. The summed E-state index contributed by atoms with van der Waals surface area (Å²) >= 11 is 0. The van der Waals surface area contributed by atoms with E-state index >= 15 is 0 Å². The molecule has 0 aliphatic rings. The minimum Gasteiger partial charge on any atom is -0.492 e. The number of aromatic nitrogens is 1. The maximum Gasteiger partial charge on any atom is 0.224 e. The number of para-hydroxylation sites is 1. The van der Waals surface area contributed by atoms with Crippen LogP contribution >= 0.6 is 0 Å². The highest BCUT2D eigenvalue weighted by Crippen LogP contribution is 2.24.